The molecular weight excluding hydrogens is 262 g/mol. The number of thiazole rings is 1. The molecular formula is C13H7N3S2. The predicted octanol–water partition coefficient (Wildman–Crippen LogP) is 3.89. The van der Waals surface area contributed by atoms with E-state index < -0.39 is 0 Å². The molecule has 0 saturated carbocycles. The lowest BCUT2D eigenvalue weighted by atomic mass is 10.3. The molecule has 2 aromatic heterocycles. The molecule has 3 aromatic rings. The molecule has 5 heteroatoms. The van der Waals surface area contributed by atoms with Crippen LogP contribution >= 0.6 is 23.6 Å². The maximum atomic E-state index is 8.84. The number of aromatic amines is 1. The average molecular weight is 269 g/mol. The van der Waals surface area contributed by atoms with Crippen LogP contribution in [0.1, 0.15) is 5.56 Å². The Morgan fingerprint density at radius 1 is 1.22 bits per heavy atom. The zero-order valence-electron chi connectivity index (χ0n) is 9.18. The summed E-state index contributed by atoms with van der Waals surface area (Å²) in [6.45, 7) is 0. The molecule has 2 heterocycles. The first kappa shape index (κ1) is 11.1. The Labute approximate surface area is 112 Å². The number of H-pyrrole nitrogens is 1. The fraction of sp³-hybridized carbons (Fsp3) is 0. The number of para-hydroxylation sites is 1. The van der Waals surface area contributed by atoms with Crippen LogP contribution in [0, 0.1) is 16.0 Å². The summed E-state index contributed by atoms with van der Waals surface area (Å²) in [4.78, 5) is 7.58. The largest absolute Gasteiger partial charge is 0.343 e. The van der Waals surface area contributed by atoms with Gasteiger partial charge in [0.15, 0.2) is 0 Å². The average Bonchev–Trinajstić information content (AvgIpc) is 2.82. The van der Waals surface area contributed by atoms with Crippen molar-refractivity contribution in [3.05, 3.63) is 46.6 Å². The molecule has 1 N–H and O–H groups in total. The number of nitrogens with one attached hydrogen (secondary N) is 1. The first-order chi connectivity index (χ1) is 8.78. The Kier molecular flexibility index (Phi) is 2.67. The van der Waals surface area contributed by atoms with Crippen molar-refractivity contribution in [3.8, 4) is 16.8 Å². The molecule has 18 heavy (non-hydrogen) atoms. The van der Waals surface area contributed by atoms with Gasteiger partial charge < -0.3 is 4.98 Å². The number of hydrogen-bond donors (Lipinski definition) is 1. The van der Waals surface area contributed by atoms with Gasteiger partial charge in [0.2, 0.25) is 0 Å². The van der Waals surface area contributed by atoms with Crippen molar-refractivity contribution >= 4 is 33.8 Å². The SMILES string of the molecule is N#Cc1ccc(-c2nc3ccccc3s2)[nH]c1=S. The zero-order chi connectivity index (χ0) is 12.5. The van der Waals surface area contributed by atoms with Gasteiger partial charge in [0, 0.05) is 0 Å². The minimum Gasteiger partial charge on any atom is -0.343 e. The van der Waals surface area contributed by atoms with Crippen LogP contribution in [0.5, 0.6) is 0 Å². The highest BCUT2D eigenvalue weighted by molar-refractivity contribution is 7.71. The van der Waals surface area contributed by atoms with E-state index >= 15 is 0 Å². The first-order valence-electron chi connectivity index (χ1n) is 5.27. The Bertz CT molecular complexity index is 791. The molecule has 0 atom stereocenters. The maximum Gasteiger partial charge on any atom is 0.140 e. The van der Waals surface area contributed by atoms with Crippen LogP contribution in [0.2, 0.25) is 0 Å². The Balaban J connectivity index is 2.18. The van der Waals surface area contributed by atoms with Gasteiger partial charge in [-0.1, -0.05) is 24.4 Å². The van der Waals surface area contributed by atoms with E-state index in [4.69, 9.17) is 17.5 Å². The summed E-state index contributed by atoms with van der Waals surface area (Å²) in [5.74, 6) is 0. The van der Waals surface area contributed by atoms with E-state index in [2.05, 4.69) is 9.97 Å². The van der Waals surface area contributed by atoms with E-state index in [-0.39, 0.29) is 0 Å². The normalized spacial score (nSPS) is 10.4. The summed E-state index contributed by atoms with van der Waals surface area (Å²) in [5, 5.41) is 9.73. The number of benzene rings is 1. The first-order valence-corrected chi connectivity index (χ1v) is 6.50. The molecule has 0 amide bonds. The summed E-state index contributed by atoms with van der Waals surface area (Å²) in [6.07, 6.45) is 0. The van der Waals surface area contributed by atoms with Gasteiger partial charge in [-0.15, -0.1) is 11.3 Å². The molecule has 0 fully saturated rings. The molecule has 0 radical (unpaired) electrons. The van der Waals surface area contributed by atoms with Crippen molar-refractivity contribution in [2.75, 3.05) is 0 Å². The molecule has 0 bridgehead atoms. The smallest absolute Gasteiger partial charge is 0.140 e. The van der Waals surface area contributed by atoms with Gasteiger partial charge in [-0.25, -0.2) is 4.98 Å². The number of aromatic nitrogens is 2. The second-order valence-electron chi connectivity index (χ2n) is 3.71. The lowest BCUT2D eigenvalue weighted by Crippen LogP contribution is -1.86. The zero-order valence-corrected chi connectivity index (χ0v) is 10.8. The van der Waals surface area contributed by atoms with Gasteiger partial charge in [0.1, 0.15) is 15.7 Å². The van der Waals surface area contributed by atoms with Gasteiger partial charge in [0.05, 0.1) is 21.5 Å². The summed E-state index contributed by atoms with van der Waals surface area (Å²) < 4.78 is 1.59. The van der Waals surface area contributed by atoms with Crippen LogP contribution in [0.25, 0.3) is 20.9 Å². The molecule has 86 valence electrons. The quantitative estimate of drug-likeness (QED) is 0.682. The van der Waals surface area contributed by atoms with Crippen molar-refractivity contribution in [1.82, 2.24) is 9.97 Å². The van der Waals surface area contributed by atoms with Crippen LogP contribution in [-0.2, 0) is 0 Å². The number of hydrogen-bond acceptors (Lipinski definition) is 4. The summed E-state index contributed by atoms with van der Waals surface area (Å²) in [7, 11) is 0. The van der Waals surface area contributed by atoms with Gasteiger partial charge >= 0.3 is 0 Å². The molecule has 0 aliphatic carbocycles. The van der Waals surface area contributed by atoms with Crippen molar-refractivity contribution in [1.29, 1.82) is 5.26 Å². The van der Waals surface area contributed by atoms with Crippen molar-refractivity contribution in [3.63, 3.8) is 0 Å². The molecule has 0 aliphatic rings. The molecule has 1 aromatic carbocycles. The van der Waals surface area contributed by atoms with E-state index in [0.717, 1.165) is 20.9 Å². The predicted molar refractivity (Wildman–Crippen MR) is 75.0 cm³/mol. The number of pyridine rings is 1. The third-order valence-corrected chi connectivity index (χ3v) is 3.95. The van der Waals surface area contributed by atoms with Gasteiger partial charge in [-0.3, -0.25) is 0 Å². The van der Waals surface area contributed by atoms with Crippen molar-refractivity contribution in [2.45, 2.75) is 0 Å². The van der Waals surface area contributed by atoms with Crippen LogP contribution in [0.4, 0.5) is 0 Å². The van der Waals surface area contributed by atoms with E-state index in [1.807, 2.05) is 36.4 Å². The lowest BCUT2D eigenvalue weighted by Gasteiger charge is -1.96. The highest BCUT2D eigenvalue weighted by atomic mass is 32.1. The number of fused-ring (bicyclic) bond motifs is 1. The van der Waals surface area contributed by atoms with Crippen molar-refractivity contribution < 1.29 is 0 Å². The number of rotatable bonds is 1. The minimum absolute atomic E-state index is 0.453. The number of nitrogens with zero attached hydrogens (tertiary/aromatic N) is 2. The topological polar surface area (TPSA) is 52.5 Å². The lowest BCUT2D eigenvalue weighted by molar-refractivity contribution is 1.26. The van der Waals surface area contributed by atoms with E-state index in [1.165, 1.54) is 0 Å². The van der Waals surface area contributed by atoms with Crippen LogP contribution < -0.4 is 0 Å². The van der Waals surface area contributed by atoms with E-state index in [0.29, 0.717) is 10.2 Å². The Morgan fingerprint density at radius 3 is 2.78 bits per heavy atom. The highest BCUT2D eigenvalue weighted by Gasteiger charge is 2.06. The summed E-state index contributed by atoms with van der Waals surface area (Å²) in [5.41, 5.74) is 2.30. The fourth-order valence-electron chi connectivity index (χ4n) is 1.67. The monoisotopic (exact) mass is 269 g/mol. The molecule has 0 spiro atoms. The second kappa shape index (κ2) is 4.33. The third kappa shape index (κ3) is 1.82. The Hall–Kier alpha value is -2.03. The summed E-state index contributed by atoms with van der Waals surface area (Å²) in [6, 6.07) is 13.6. The molecule has 0 aliphatic heterocycles. The Morgan fingerprint density at radius 2 is 2.06 bits per heavy atom. The van der Waals surface area contributed by atoms with Gasteiger partial charge in [-0.2, -0.15) is 5.26 Å². The summed E-state index contributed by atoms with van der Waals surface area (Å²) >= 11 is 6.72. The standard InChI is InChI=1S/C13H7N3S2/c14-7-8-5-6-10(15-12(8)17)13-16-9-3-1-2-4-11(9)18-13/h1-6H,(H,15,17). The number of nitriles is 1. The minimum atomic E-state index is 0.453. The molecule has 0 unspecified atom stereocenters. The molecule has 3 nitrogen and oxygen atoms in total. The maximum absolute atomic E-state index is 8.84. The van der Waals surface area contributed by atoms with Crippen LogP contribution in [0.3, 0.4) is 0 Å². The molecule has 0 saturated heterocycles. The van der Waals surface area contributed by atoms with Crippen LogP contribution in [-0.4, -0.2) is 9.97 Å². The van der Waals surface area contributed by atoms with Crippen LogP contribution in [0.15, 0.2) is 36.4 Å². The fourth-order valence-corrected chi connectivity index (χ4v) is 2.84. The highest BCUT2D eigenvalue weighted by Crippen LogP contribution is 2.28. The van der Waals surface area contributed by atoms with Gasteiger partial charge in [-0.05, 0) is 24.3 Å². The third-order valence-electron chi connectivity index (χ3n) is 2.55. The van der Waals surface area contributed by atoms with Gasteiger partial charge in [0.25, 0.3) is 0 Å². The van der Waals surface area contributed by atoms with E-state index in [9.17, 15) is 0 Å². The van der Waals surface area contributed by atoms with E-state index in [1.54, 1.807) is 17.4 Å². The second-order valence-corrected chi connectivity index (χ2v) is 5.15. The van der Waals surface area contributed by atoms with Crippen molar-refractivity contribution in [2.24, 2.45) is 0 Å². The molecule has 3 rings (SSSR count).